The van der Waals surface area contributed by atoms with Gasteiger partial charge in [0.2, 0.25) is 0 Å². The van der Waals surface area contributed by atoms with Crippen LogP contribution in [0.15, 0.2) is 0 Å². The number of hydrogen-bond donors (Lipinski definition) is 0. The van der Waals surface area contributed by atoms with Gasteiger partial charge in [0, 0.05) is 4.83 Å². The Labute approximate surface area is 82.1 Å². The highest BCUT2D eigenvalue weighted by Crippen LogP contribution is 2.30. The van der Waals surface area contributed by atoms with Gasteiger partial charge < -0.3 is 0 Å². The van der Waals surface area contributed by atoms with E-state index in [1.54, 1.807) is 0 Å². The molecule has 0 heterocycles. The van der Waals surface area contributed by atoms with Crippen LogP contribution >= 0.6 is 15.9 Å². The maximum atomic E-state index is 3.60. The first-order chi connectivity index (χ1) is 3.80. The minimum Gasteiger partial charge on any atom is -0.0891 e. The van der Waals surface area contributed by atoms with Crippen molar-refractivity contribution < 1.29 is 0 Å². The largest absolute Gasteiger partial charge is 0.316 e. The fourth-order valence-electron chi connectivity index (χ4n) is 1.42. The molecule has 0 aromatic rings. The van der Waals surface area contributed by atoms with E-state index >= 15 is 0 Å². The molecular weight excluding hydrogens is 188 g/mol. The summed E-state index contributed by atoms with van der Waals surface area (Å²) in [7, 11) is 0. The molecule has 1 rings (SSSR count). The van der Waals surface area contributed by atoms with Crippen LogP contribution < -0.4 is 0 Å². The second kappa shape index (κ2) is 4.97. The van der Waals surface area contributed by atoms with Gasteiger partial charge in [-0.15, -0.1) is 0 Å². The lowest BCUT2D eigenvalue weighted by Gasteiger charge is -2.09. The van der Waals surface area contributed by atoms with Crippen LogP contribution in [0.2, 0.25) is 0 Å². The molecule has 0 aromatic carbocycles. The molecule has 0 amide bonds. The third-order valence-electron chi connectivity index (χ3n) is 2.05. The second-order valence-corrected chi connectivity index (χ2v) is 4.17. The maximum absolute atomic E-state index is 3.60. The van der Waals surface area contributed by atoms with Crippen molar-refractivity contribution >= 4 is 39.0 Å². The molecule has 1 saturated carbocycles. The van der Waals surface area contributed by atoms with Gasteiger partial charge in [0.15, 0.2) is 0 Å². The number of halogens is 1. The van der Waals surface area contributed by atoms with Crippen molar-refractivity contribution in [2.24, 2.45) is 5.92 Å². The Morgan fingerprint density at radius 3 is 2.00 bits per heavy atom. The van der Waals surface area contributed by atoms with Gasteiger partial charge in [-0.1, -0.05) is 35.7 Å². The molecule has 1 unspecified atom stereocenters. The highest BCUT2D eigenvalue weighted by atomic mass is 79.9. The first-order valence-corrected chi connectivity index (χ1v) is 4.36. The zero-order valence-corrected chi connectivity index (χ0v) is 6.95. The summed E-state index contributed by atoms with van der Waals surface area (Å²) in [5.41, 5.74) is 0. The number of hydrogen-bond acceptors (Lipinski definition) is 0. The summed E-state index contributed by atoms with van der Waals surface area (Å²) in [6.07, 6.45) is 5.82. The van der Waals surface area contributed by atoms with Crippen molar-refractivity contribution in [3.05, 3.63) is 0 Å². The summed E-state index contributed by atoms with van der Waals surface area (Å²) < 4.78 is 0. The Balaban J connectivity index is 0.000000640. The summed E-state index contributed by atoms with van der Waals surface area (Å²) >= 11 is 3.60. The standard InChI is InChI=1S/C7H13Br.Mg.2H/c1-6(8)7-4-2-3-5-7;;;/h6-7H,2-5H2,1H3;;;. The summed E-state index contributed by atoms with van der Waals surface area (Å²) in [5, 5.41) is 0. The Morgan fingerprint density at radius 2 is 1.78 bits per heavy atom. The molecule has 0 N–H and O–H groups in total. The average Bonchev–Trinajstić information content (AvgIpc) is 2.12. The molecular formula is C7H15BrMg. The average molecular weight is 203 g/mol. The fraction of sp³-hybridized carbons (Fsp3) is 1.00. The van der Waals surface area contributed by atoms with Gasteiger partial charge in [-0.2, -0.15) is 0 Å². The lowest BCUT2D eigenvalue weighted by Crippen LogP contribution is -2.04. The van der Waals surface area contributed by atoms with Gasteiger partial charge in [-0.3, -0.25) is 0 Å². The quantitative estimate of drug-likeness (QED) is 0.452. The number of alkyl halides is 1. The van der Waals surface area contributed by atoms with E-state index in [0.29, 0.717) is 0 Å². The summed E-state index contributed by atoms with van der Waals surface area (Å²) in [6, 6.07) is 0. The van der Waals surface area contributed by atoms with Crippen LogP contribution in [0.3, 0.4) is 0 Å². The van der Waals surface area contributed by atoms with E-state index in [9.17, 15) is 0 Å². The molecule has 0 saturated heterocycles. The molecule has 0 bridgehead atoms. The van der Waals surface area contributed by atoms with Crippen LogP contribution in [0.1, 0.15) is 32.6 Å². The molecule has 0 aliphatic heterocycles. The highest BCUT2D eigenvalue weighted by Gasteiger charge is 2.18. The monoisotopic (exact) mass is 202 g/mol. The molecule has 1 aliphatic rings. The Bertz CT molecular complexity index is 67.3. The molecule has 1 aliphatic carbocycles. The van der Waals surface area contributed by atoms with E-state index in [1.165, 1.54) is 25.7 Å². The van der Waals surface area contributed by atoms with Gasteiger partial charge in [0.05, 0.1) is 0 Å². The molecule has 0 radical (unpaired) electrons. The highest BCUT2D eigenvalue weighted by molar-refractivity contribution is 9.09. The molecule has 1 atom stereocenters. The minimum absolute atomic E-state index is 0. The van der Waals surface area contributed by atoms with Crippen molar-refractivity contribution in [2.45, 2.75) is 37.4 Å². The van der Waals surface area contributed by atoms with Crippen LogP contribution in [-0.2, 0) is 0 Å². The molecule has 1 fully saturated rings. The van der Waals surface area contributed by atoms with Gasteiger partial charge in [-0.05, 0) is 18.8 Å². The van der Waals surface area contributed by atoms with Crippen LogP contribution in [-0.4, -0.2) is 27.9 Å². The first kappa shape index (κ1) is 10.2. The molecule has 9 heavy (non-hydrogen) atoms. The summed E-state index contributed by atoms with van der Waals surface area (Å²) in [4.78, 5) is 0.755. The third-order valence-corrected chi connectivity index (χ3v) is 2.80. The second-order valence-electron chi connectivity index (χ2n) is 2.72. The van der Waals surface area contributed by atoms with E-state index in [4.69, 9.17) is 0 Å². The van der Waals surface area contributed by atoms with E-state index in [0.717, 1.165) is 10.7 Å². The Morgan fingerprint density at radius 1 is 1.33 bits per heavy atom. The SMILES string of the molecule is CC(Br)C1CCCC1.[MgH2]. The molecule has 2 heteroatoms. The molecule has 0 spiro atoms. The lowest BCUT2D eigenvalue weighted by molar-refractivity contribution is 0.550. The summed E-state index contributed by atoms with van der Waals surface area (Å²) in [6.45, 7) is 2.26. The van der Waals surface area contributed by atoms with Gasteiger partial charge in [0.1, 0.15) is 0 Å². The predicted molar refractivity (Wildman–Crippen MR) is 48.9 cm³/mol. The van der Waals surface area contributed by atoms with Crippen LogP contribution in [0, 0.1) is 5.92 Å². The smallest absolute Gasteiger partial charge is 0.0891 e. The van der Waals surface area contributed by atoms with Crippen molar-refractivity contribution in [1.82, 2.24) is 0 Å². The van der Waals surface area contributed by atoms with Crippen molar-refractivity contribution in [3.63, 3.8) is 0 Å². The Kier molecular flexibility index (Phi) is 5.66. The van der Waals surface area contributed by atoms with Crippen LogP contribution in [0.5, 0.6) is 0 Å². The molecule has 0 aromatic heterocycles. The van der Waals surface area contributed by atoms with Gasteiger partial charge in [0.25, 0.3) is 0 Å². The minimum atomic E-state index is 0. The molecule has 0 nitrogen and oxygen atoms in total. The lowest BCUT2D eigenvalue weighted by atomic mass is 10.1. The van der Waals surface area contributed by atoms with E-state index in [2.05, 4.69) is 22.9 Å². The number of rotatable bonds is 1. The van der Waals surface area contributed by atoms with Crippen molar-refractivity contribution in [3.8, 4) is 0 Å². The Hall–Kier alpha value is 1.25. The van der Waals surface area contributed by atoms with Crippen molar-refractivity contribution in [1.29, 1.82) is 0 Å². The van der Waals surface area contributed by atoms with E-state index in [-0.39, 0.29) is 23.1 Å². The predicted octanol–water partition coefficient (Wildman–Crippen LogP) is 2.04. The third kappa shape index (κ3) is 3.24. The van der Waals surface area contributed by atoms with Gasteiger partial charge >= 0.3 is 23.1 Å². The zero-order chi connectivity index (χ0) is 5.98. The fourth-order valence-corrected chi connectivity index (χ4v) is 1.95. The first-order valence-electron chi connectivity index (χ1n) is 3.45. The maximum Gasteiger partial charge on any atom is 0.316 e. The van der Waals surface area contributed by atoms with Gasteiger partial charge in [-0.25, -0.2) is 0 Å². The van der Waals surface area contributed by atoms with E-state index in [1.807, 2.05) is 0 Å². The topological polar surface area (TPSA) is 0 Å². The normalized spacial score (nSPS) is 23.3. The molecule has 52 valence electrons. The zero-order valence-electron chi connectivity index (χ0n) is 5.36. The van der Waals surface area contributed by atoms with Crippen molar-refractivity contribution in [2.75, 3.05) is 0 Å². The summed E-state index contributed by atoms with van der Waals surface area (Å²) in [5.74, 6) is 0.981. The van der Waals surface area contributed by atoms with Crippen LogP contribution in [0.25, 0.3) is 0 Å². The van der Waals surface area contributed by atoms with E-state index < -0.39 is 0 Å². The van der Waals surface area contributed by atoms with Crippen LogP contribution in [0.4, 0.5) is 0 Å².